The Balaban J connectivity index is 1.45. The molecule has 2 atom stereocenters. The van der Waals surface area contributed by atoms with Crippen LogP contribution in [0.25, 0.3) is 0 Å². The molecule has 0 aromatic rings. The molecule has 2 N–H and O–H groups in total. The van der Waals surface area contributed by atoms with Crippen LogP contribution in [0.5, 0.6) is 0 Å². The van der Waals surface area contributed by atoms with Crippen LogP contribution in [-0.4, -0.2) is 17.2 Å². The average molecular weight is 392 g/mol. The van der Waals surface area contributed by atoms with Gasteiger partial charge in [-0.3, -0.25) is 0 Å². The summed E-state index contributed by atoms with van der Waals surface area (Å²) in [6, 6.07) is 0. The molecule has 4 bridgehead atoms. The minimum absolute atomic E-state index is 0.150. The molecule has 2 nitrogen and oxygen atoms in total. The number of rotatable bonds is 13. The summed E-state index contributed by atoms with van der Waals surface area (Å²) >= 11 is 0. The summed E-state index contributed by atoms with van der Waals surface area (Å²) in [5.41, 5.74) is 6.72. The maximum absolute atomic E-state index is 6.98. The Bertz CT molecular complexity index is 430. The largest absolute Gasteiger partial charge is 0.372 e. The first-order valence-electron chi connectivity index (χ1n) is 12.8. The van der Waals surface area contributed by atoms with Gasteiger partial charge in [0.1, 0.15) is 0 Å². The van der Waals surface area contributed by atoms with Crippen molar-refractivity contribution in [1.29, 1.82) is 0 Å². The van der Waals surface area contributed by atoms with Crippen molar-refractivity contribution in [1.82, 2.24) is 0 Å². The first-order valence-corrected chi connectivity index (χ1v) is 12.8. The molecule has 4 saturated carbocycles. The normalized spacial score (nSPS) is 34.0. The van der Waals surface area contributed by atoms with E-state index >= 15 is 0 Å². The van der Waals surface area contributed by atoms with Crippen molar-refractivity contribution in [2.75, 3.05) is 0 Å². The molecule has 2 heteroatoms. The summed E-state index contributed by atoms with van der Waals surface area (Å²) in [7, 11) is 0. The van der Waals surface area contributed by atoms with E-state index in [1.54, 1.807) is 0 Å². The molecule has 4 fully saturated rings. The maximum Gasteiger partial charge on any atom is 0.0694 e. The topological polar surface area (TPSA) is 35.2 Å². The predicted octanol–water partition coefficient (Wildman–Crippen LogP) is 7.24. The van der Waals surface area contributed by atoms with Crippen LogP contribution in [0.4, 0.5) is 0 Å². The van der Waals surface area contributed by atoms with Gasteiger partial charge < -0.3 is 10.5 Å². The quantitative estimate of drug-likeness (QED) is 0.336. The van der Waals surface area contributed by atoms with Gasteiger partial charge in [-0.05, 0) is 83.5 Å². The molecule has 0 heterocycles. The fourth-order valence-corrected chi connectivity index (χ4v) is 7.36. The third-order valence-corrected chi connectivity index (χ3v) is 8.31. The first kappa shape index (κ1) is 22.6. The molecule has 0 aromatic heterocycles. The number of hydrogen-bond acceptors (Lipinski definition) is 2. The van der Waals surface area contributed by atoms with Crippen LogP contribution in [0.2, 0.25) is 0 Å². The molecule has 28 heavy (non-hydrogen) atoms. The minimum Gasteiger partial charge on any atom is -0.372 e. The van der Waals surface area contributed by atoms with Gasteiger partial charge in [-0.1, -0.05) is 58.3 Å². The molecular weight excluding hydrogens is 342 g/mol. The van der Waals surface area contributed by atoms with Crippen LogP contribution in [0.15, 0.2) is 0 Å². The summed E-state index contributed by atoms with van der Waals surface area (Å²) in [6.45, 7) is 9.08. The zero-order valence-corrected chi connectivity index (χ0v) is 19.5. The Labute approximate surface area is 175 Å². The summed E-state index contributed by atoms with van der Waals surface area (Å²) in [4.78, 5) is 0. The van der Waals surface area contributed by atoms with Gasteiger partial charge in [0.2, 0.25) is 0 Å². The van der Waals surface area contributed by atoms with E-state index in [4.69, 9.17) is 10.5 Å². The summed E-state index contributed by atoms with van der Waals surface area (Å²) in [6.07, 6.45) is 21.1. The molecule has 164 valence electrons. The summed E-state index contributed by atoms with van der Waals surface area (Å²) in [5.74, 6) is 3.34. The summed E-state index contributed by atoms with van der Waals surface area (Å²) in [5, 5.41) is 0. The Hall–Kier alpha value is -0.0800. The fraction of sp³-hybridized carbons (Fsp3) is 1.00. The predicted molar refractivity (Wildman–Crippen MR) is 120 cm³/mol. The zero-order chi connectivity index (χ0) is 20.2. The monoisotopic (exact) mass is 391 g/mol. The van der Waals surface area contributed by atoms with Gasteiger partial charge in [-0.25, -0.2) is 0 Å². The molecule has 4 aliphatic carbocycles. The van der Waals surface area contributed by atoms with Crippen molar-refractivity contribution < 1.29 is 4.74 Å². The molecule has 0 radical (unpaired) electrons. The van der Waals surface area contributed by atoms with Crippen LogP contribution in [0.1, 0.15) is 124 Å². The van der Waals surface area contributed by atoms with Crippen molar-refractivity contribution in [3.63, 3.8) is 0 Å². The first-order chi connectivity index (χ1) is 13.3. The van der Waals surface area contributed by atoms with E-state index in [1.165, 1.54) is 96.3 Å². The Morgan fingerprint density at radius 2 is 1.32 bits per heavy atom. The maximum atomic E-state index is 6.98. The van der Waals surface area contributed by atoms with Crippen molar-refractivity contribution in [3.8, 4) is 0 Å². The highest BCUT2D eigenvalue weighted by molar-refractivity contribution is 5.04. The molecule has 4 rings (SSSR count). The highest BCUT2D eigenvalue weighted by Gasteiger charge is 2.52. The highest BCUT2D eigenvalue weighted by atomic mass is 16.5. The standard InChI is InChI=1S/C26H49NO/c1-5-6-7-8-9-10-11-12-13-24(25(3,4)27)20(2)28-26-17-21-14-22(18-26)16-23(15-21)19-26/h20-24H,5-19,27H2,1-4H3. The third-order valence-electron chi connectivity index (χ3n) is 8.31. The lowest BCUT2D eigenvalue weighted by molar-refractivity contribution is -0.198. The minimum atomic E-state index is -0.150. The SMILES string of the molecule is CCCCCCCCCCC(C(C)OC12CC3CC(CC(C3)C1)C2)C(C)(C)N. The Morgan fingerprint density at radius 3 is 1.79 bits per heavy atom. The van der Waals surface area contributed by atoms with Crippen LogP contribution in [0, 0.1) is 23.7 Å². The van der Waals surface area contributed by atoms with Gasteiger partial charge >= 0.3 is 0 Å². The van der Waals surface area contributed by atoms with E-state index in [2.05, 4.69) is 27.7 Å². The third kappa shape index (κ3) is 5.97. The van der Waals surface area contributed by atoms with Crippen LogP contribution in [0.3, 0.4) is 0 Å². The fourth-order valence-electron chi connectivity index (χ4n) is 7.36. The van der Waals surface area contributed by atoms with Crippen molar-refractivity contribution in [3.05, 3.63) is 0 Å². The van der Waals surface area contributed by atoms with E-state index in [9.17, 15) is 0 Å². The summed E-state index contributed by atoms with van der Waals surface area (Å²) < 4.78 is 6.98. The van der Waals surface area contributed by atoms with Gasteiger partial charge in [0.15, 0.2) is 0 Å². The smallest absolute Gasteiger partial charge is 0.0694 e. The Morgan fingerprint density at radius 1 is 0.857 bits per heavy atom. The van der Waals surface area contributed by atoms with Crippen molar-refractivity contribution in [2.24, 2.45) is 29.4 Å². The molecule has 0 aliphatic heterocycles. The lowest BCUT2D eigenvalue weighted by atomic mass is 9.54. The molecule has 0 spiro atoms. The van der Waals surface area contributed by atoms with E-state index in [0.717, 1.165) is 17.8 Å². The lowest BCUT2D eigenvalue weighted by Crippen LogP contribution is -2.55. The van der Waals surface area contributed by atoms with E-state index in [0.29, 0.717) is 12.0 Å². The number of hydrogen-bond donors (Lipinski definition) is 1. The molecule has 0 amide bonds. The second-order valence-electron chi connectivity index (χ2n) is 11.6. The van der Waals surface area contributed by atoms with Crippen molar-refractivity contribution >= 4 is 0 Å². The molecule has 0 aromatic carbocycles. The van der Waals surface area contributed by atoms with E-state index in [-0.39, 0.29) is 11.1 Å². The number of unbranched alkanes of at least 4 members (excludes halogenated alkanes) is 7. The number of nitrogens with two attached hydrogens (primary N) is 1. The second kappa shape index (κ2) is 9.82. The second-order valence-corrected chi connectivity index (χ2v) is 11.6. The van der Waals surface area contributed by atoms with Gasteiger partial charge in [-0.2, -0.15) is 0 Å². The van der Waals surface area contributed by atoms with Crippen LogP contribution >= 0.6 is 0 Å². The van der Waals surface area contributed by atoms with E-state index in [1.807, 2.05) is 0 Å². The van der Waals surface area contributed by atoms with Crippen LogP contribution < -0.4 is 5.73 Å². The van der Waals surface area contributed by atoms with Gasteiger partial charge in [0, 0.05) is 11.5 Å². The van der Waals surface area contributed by atoms with Crippen LogP contribution in [-0.2, 0) is 4.74 Å². The van der Waals surface area contributed by atoms with Crippen molar-refractivity contribution in [2.45, 2.75) is 141 Å². The van der Waals surface area contributed by atoms with Gasteiger partial charge in [-0.15, -0.1) is 0 Å². The lowest BCUT2D eigenvalue weighted by Gasteiger charge is -2.57. The molecular formula is C26H49NO. The molecule has 4 aliphatic rings. The average Bonchev–Trinajstić information content (AvgIpc) is 2.57. The van der Waals surface area contributed by atoms with E-state index < -0.39 is 0 Å². The van der Waals surface area contributed by atoms with Gasteiger partial charge in [0.25, 0.3) is 0 Å². The highest BCUT2D eigenvalue weighted by Crippen LogP contribution is 2.57. The molecule has 2 unspecified atom stereocenters. The van der Waals surface area contributed by atoms with Gasteiger partial charge in [0.05, 0.1) is 11.7 Å². The zero-order valence-electron chi connectivity index (χ0n) is 19.5. The Kier molecular flexibility index (Phi) is 7.93. The molecule has 0 saturated heterocycles. The number of ether oxygens (including phenoxy) is 1.